The van der Waals surface area contributed by atoms with Gasteiger partial charge in [-0.15, -0.1) is 0 Å². The van der Waals surface area contributed by atoms with Gasteiger partial charge in [0.15, 0.2) is 0 Å². The second-order valence-corrected chi connectivity index (χ2v) is 12.5. The molecule has 1 aliphatic carbocycles. The van der Waals surface area contributed by atoms with Crippen molar-refractivity contribution in [2.24, 2.45) is 0 Å². The van der Waals surface area contributed by atoms with E-state index < -0.39 is 22.2 Å². The van der Waals surface area contributed by atoms with Crippen LogP contribution < -0.4 is 14.9 Å². The molecule has 216 valence electrons. The molecular weight excluding hydrogens is 532 g/mol. The lowest BCUT2D eigenvalue weighted by atomic mass is 9.92. The first-order valence-electron chi connectivity index (χ1n) is 13.6. The molecule has 1 amide bonds. The molecule has 5 rings (SSSR count). The first-order chi connectivity index (χ1) is 19.2. The lowest BCUT2D eigenvalue weighted by Crippen LogP contribution is -2.51. The van der Waals surface area contributed by atoms with Crippen LogP contribution in [0.25, 0.3) is 10.9 Å². The molecule has 2 aliphatic rings. The Morgan fingerprint density at radius 1 is 1.20 bits per heavy atom. The number of nitrogens with one attached hydrogen (secondary N) is 2. The van der Waals surface area contributed by atoms with Crippen molar-refractivity contribution in [3.05, 3.63) is 65.4 Å². The predicted octanol–water partition coefficient (Wildman–Crippen LogP) is 2.53. The first kappa shape index (κ1) is 29.6. The van der Waals surface area contributed by atoms with Crippen molar-refractivity contribution in [1.29, 1.82) is 0 Å². The number of nitrogens with zero attached hydrogens (tertiary/aromatic N) is 2. The standard InChI is InChI=1S/C28H36N4O4S.CH2O2/c1-3-32-18-20-12-13-37(35,36)31(2)24-15-21(16-25(32)27(20)24)28(34)30-23(14-19-8-5-4-6-9-19)26(33)17-29-22-10-7-11-22;2-1-3/h4-6,8-9,15-16,18,22-23,26,29,33H,3,7,10-14,17H2,1-2H3,(H,30,34);1H,(H,2,3)/t23-,26+;/m0./s1. The average Bonchev–Trinajstić information content (AvgIpc) is 3.24. The third kappa shape index (κ3) is 6.48. The summed E-state index contributed by atoms with van der Waals surface area (Å²) >= 11 is 0. The molecule has 10 nitrogen and oxygen atoms in total. The summed E-state index contributed by atoms with van der Waals surface area (Å²) in [5.41, 5.74) is 3.74. The van der Waals surface area contributed by atoms with E-state index in [0.29, 0.717) is 43.2 Å². The van der Waals surface area contributed by atoms with Crippen LogP contribution in [-0.2, 0) is 34.2 Å². The highest BCUT2D eigenvalue weighted by Gasteiger charge is 2.30. The number of aromatic nitrogens is 1. The van der Waals surface area contributed by atoms with Crippen LogP contribution in [0.15, 0.2) is 48.7 Å². The maximum atomic E-state index is 13.6. The van der Waals surface area contributed by atoms with E-state index in [1.807, 2.05) is 49.5 Å². The number of aliphatic hydroxyl groups is 1. The van der Waals surface area contributed by atoms with E-state index in [0.717, 1.165) is 34.9 Å². The number of carboxylic acid groups (broad SMARTS) is 1. The largest absolute Gasteiger partial charge is 0.483 e. The van der Waals surface area contributed by atoms with E-state index in [2.05, 4.69) is 15.2 Å². The Hall–Kier alpha value is -3.41. The Balaban J connectivity index is 0.00000118. The normalized spacial score (nSPS) is 17.6. The van der Waals surface area contributed by atoms with Gasteiger partial charge in [0, 0.05) is 43.3 Å². The SMILES string of the molecule is CCn1cc2c3c(cc(C(=O)N[C@@H](Cc4ccccc4)[C@H](O)CNC4CCC4)cc31)N(C)S(=O)(=O)CC2.O=CO. The zero-order valence-electron chi connectivity index (χ0n) is 22.9. The Kier molecular flexibility index (Phi) is 9.49. The van der Waals surface area contributed by atoms with Gasteiger partial charge in [0.2, 0.25) is 10.0 Å². The van der Waals surface area contributed by atoms with Crippen LogP contribution in [0.1, 0.15) is 47.7 Å². The average molecular weight is 571 g/mol. The summed E-state index contributed by atoms with van der Waals surface area (Å²) < 4.78 is 29.1. The Bertz CT molecular complexity index is 1440. The Morgan fingerprint density at radius 3 is 2.52 bits per heavy atom. The molecule has 1 fully saturated rings. The van der Waals surface area contributed by atoms with Crippen LogP contribution in [0.5, 0.6) is 0 Å². The molecule has 2 atom stereocenters. The van der Waals surface area contributed by atoms with Crippen LogP contribution in [0.3, 0.4) is 0 Å². The fourth-order valence-electron chi connectivity index (χ4n) is 5.29. The molecule has 40 heavy (non-hydrogen) atoms. The fraction of sp³-hybridized carbons (Fsp3) is 0.448. The molecule has 0 unspecified atom stereocenters. The number of hydrogen-bond acceptors (Lipinski definition) is 6. The number of hydrogen-bond donors (Lipinski definition) is 4. The highest BCUT2D eigenvalue weighted by Crippen LogP contribution is 2.37. The highest BCUT2D eigenvalue weighted by molar-refractivity contribution is 7.92. The maximum absolute atomic E-state index is 13.6. The molecule has 0 spiro atoms. The molecule has 1 aromatic heterocycles. The molecule has 0 radical (unpaired) electrons. The van der Waals surface area contributed by atoms with Crippen molar-refractivity contribution in [2.45, 2.75) is 63.8 Å². The summed E-state index contributed by atoms with van der Waals surface area (Å²) in [7, 11) is -1.94. The zero-order valence-corrected chi connectivity index (χ0v) is 23.7. The number of amides is 1. The summed E-state index contributed by atoms with van der Waals surface area (Å²) in [6, 6.07) is 13.2. The lowest BCUT2D eigenvalue weighted by Gasteiger charge is -2.30. The van der Waals surface area contributed by atoms with Crippen LogP contribution in [0, 0.1) is 0 Å². The number of carbonyl (C=O) groups is 2. The Morgan fingerprint density at radius 2 is 1.90 bits per heavy atom. The predicted molar refractivity (Wildman–Crippen MR) is 155 cm³/mol. The quantitative estimate of drug-likeness (QED) is 0.290. The minimum atomic E-state index is -3.49. The number of benzene rings is 2. The van der Waals surface area contributed by atoms with Gasteiger partial charge in [-0.25, -0.2) is 8.42 Å². The van der Waals surface area contributed by atoms with E-state index in [9.17, 15) is 18.3 Å². The number of carbonyl (C=O) groups excluding carboxylic acids is 1. The molecule has 1 aliphatic heterocycles. The van der Waals surface area contributed by atoms with Gasteiger partial charge in [-0.05, 0) is 55.9 Å². The number of aryl methyl sites for hydroxylation is 2. The number of rotatable bonds is 9. The zero-order chi connectivity index (χ0) is 28.9. The highest BCUT2D eigenvalue weighted by atomic mass is 32.2. The molecule has 4 N–H and O–H groups in total. The minimum absolute atomic E-state index is 0.0296. The third-order valence-electron chi connectivity index (χ3n) is 7.83. The summed E-state index contributed by atoms with van der Waals surface area (Å²) in [6.07, 6.45) is 5.57. The summed E-state index contributed by atoms with van der Waals surface area (Å²) in [4.78, 5) is 22.0. The van der Waals surface area contributed by atoms with E-state index >= 15 is 0 Å². The molecule has 1 saturated carbocycles. The monoisotopic (exact) mass is 570 g/mol. The molecule has 11 heteroatoms. The second kappa shape index (κ2) is 12.8. The minimum Gasteiger partial charge on any atom is -0.483 e. The smallest absolute Gasteiger partial charge is 0.290 e. The van der Waals surface area contributed by atoms with Crippen molar-refractivity contribution in [1.82, 2.24) is 15.2 Å². The fourth-order valence-corrected chi connectivity index (χ4v) is 6.49. The van der Waals surface area contributed by atoms with Crippen molar-refractivity contribution < 1.29 is 28.2 Å². The van der Waals surface area contributed by atoms with Gasteiger partial charge in [0.25, 0.3) is 12.4 Å². The molecule has 0 saturated heterocycles. The van der Waals surface area contributed by atoms with Crippen molar-refractivity contribution in [2.75, 3.05) is 23.7 Å². The second-order valence-electron chi connectivity index (χ2n) is 10.3. The van der Waals surface area contributed by atoms with Gasteiger partial charge >= 0.3 is 0 Å². The first-order valence-corrected chi connectivity index (χ1v) is 15.3. The van der Waals surface area contributed by atoms with Gasteiger partial charge in [0.1, 0.15) is 0 Å². The van der Waals surface area contributed by atoms with Crippen molar-refractivity contribution >= 4 is 39.0 Å². The summed E-state index contributed by atoms with van der Waals surface area (Å²) in [5.74, 6) is -0.302. The maximum Gasteiger partial charge on any atom is 0.290 e. The van der Waals surface area contributed by atoms with E-state index in [4.69, 9.17) is 9.90 Å². The number of sulfonamides is 1. The van der Waals surface area contributed by atoms with Crippen LogP contribution >= 0.6 is 0 Å². The number of aliphatic hydroxyl groups excluding tert-OH is 1. The van der Waals surface area contributed by atoms with Gasteiger partial charge in [0.05, 0.1) is 29.1 Å². The molecule has 2 aromatic carbocycles. The molecule has 2 heterocycles. The third-order valence-corrected chi connectivity index (χ3v) is 9.58. The van der Waals surface area contributed by atoms with E-state index in [-0.39, 0.29) is 18.1 Å². The molecule has 3 aromatic rings. The van der Waals surface area contributed by atoms with Gasteiger partial charge in [-0.3, -0.25) is 13.9 Å². The van der Waals surface area contributed by atoms with E-state index in [1.165, 1.54) is 10.7 Å². The summed E-state index contributed by atoms with van der Waals surface area (Å²) in [6.45, 7) is 2.89. The molecule has 0 bridgehead atoms. The van der Waals surface area contributed by atoms with Gasteiger partial charge < -0.3 is 25.4 Å². The van der Waals surface area contributed by atoms with E-state index in [1.54, 1.807) is 13.1 Å². The van der Waals surface area contributed by atoms with Gasteiger partial charge in [-0.2, -0.15) is 0 Å². The Labute approximate surface area is 235 Å². The molecular formula is C29H38N4O6S. The van der Waals surface area contributed by atoms with Crippen LogP contribution in [0.2, 0.25) is 0 Å². The van der Waals surface area contributed by atoms with Crippen molar-refractivity contribution in [3.63, 3.8) is 0 Å². The van der Waals surface area contributed by atoms with Crippen LogP contribution in [0.4, 0.5) is 5.69 Å². The topological polar surface area (TPSA) is 141 Å². The van der Waals surface area contributed by atoms with Crippen LogP contribution in [-0.4, -0.2) is 73.1 Å². The number of anilines is 1. The van der Waals surface area contributed by atoms with Gasteiger partial charge in [-0.1, -0.05) is 36.8 Å². The lowest BCUT2D eigenvalue weighted by molar-refractivity contribution is -0.122. The van der Waals surface area contributed by atoms with Crippen molar-refractivity contribution in [3.8, 4) is 0 Å². The summed E-state index contributed by atoms with van der Waals surface area (Å²) in [5, 5.41) is 25.3.